The van der Waals surface area contributed by atoms with Gasteiger partial charge in [0, 0.05) is 11.9 Å². The van der Waals surface area contributed by atoms with E-state index in [1.165, 1.54) is 0 Å². The van der Waals surface area contributed by atoms with Gasteiger partial charge in [-0.15, -0.1) is 0 Å². The first-order valence-electron chi connectivity index (χ1n) is 4.47. The van der Waals surface area contributed by atoms with Crippen molar-refractivity contribution in [2.24, 2.45) is 0 Å². The van der Waals surface area contributed by atoms with Crippen molar-refractivity contribution in [1.82, 2.24) is 15.3 Å². The summed E-state index contributed by atoms with van der Waals surface area (Å²) in [5.41, 5.74) is 1.56. The Labute approximate surface area is 97.4 Å². The van der Waals surface area contributed by atoms with Crippen LogP contribution in [0.5, 0.6) is 0 Å². The van der Waals surface area contributed by atoms with Gasteiger partial charge in [0.15, 0.2) is 0 Å². The van der Waals surface area contributed by atoms with Gasteiger partial charge >= 0.3 is 0 Å². The van der Waals surface area contributed by atoms with E-state index in [4.69, 9.17) is 23.2 Å². The highest BCUT2D eigenvalue weighted by Gasteiger charge is 2.07. The molecular formula is C10H9Cl2N3. The number of halogens is 2. The first-order valence-corrected chi connectivity index (χ1v) is 5.23. The zero-order valence-corrected chi connectivity index (χ0v) is 9.60. The van der Waals surface area contributed by atoms with Crippen molar-refractivity contribution >= 4 is 34.1 Å². The van der Waals surface area contributed by atoms with Gasteiger partial charge in [-0.3, -0.25) is 0 Å². The van der Waals surface area contributed by atoms with Gasteiger partial charge in [0.2, 0.25) is 5.28 Å². The Morgan fingerprint density at radius 1 is 1.27 bits per heavy atom. The first kappa shape index (κ1) is 10.6. The molecule has 0 aliphatic carbocycles. The van der Waals surface area contributed by atoms with Crippen LogP contribution in [0.15, 0.2) is 18.2 Å². The minimum absolute atomic E-state index is 0.223. The summed E-state index contributed by atoms with van der Waals surface area (Å²) in [6.07, 6.45) is 0. The molecule has 0 aliphatic heterocycles. The molecule has 1 N–H and O–H groups in total. The van der Waals surface area contributed by atoms with Gasteiger partial charge in [-0.25, -0.2) is 9.97 Å². The Morgan fingerprint density at radius 2 is 2.07 bits per heavy atom. The van der Waals surface area contributed by atoms with Crippen LogP contribution in [-0.4, -0.2) is 17.0 Å². The molecule has 1 aromatic heterocycles. The minimum Gasteiger partial charge on any atom is -0.314 e. The maximum Gasteiger partial charge on any atom is 0.223 e. The van der Waals surface area contributed by atoms with Gasteiger partial charge < -0.3 is 5.32 Å². The molecule has 0 bridgehead atoms. The summed E-state index contributed by atoms with van der Waals surface area (Å²) >= 11 is 11.9. The SMILES string of the molecule is CNCc1nc(Cl)nc2c(Cl)cccc12. The van der Waals surface area contributed by atoms with Gasteiger partial charge in [0.05, 0.1) is 16.2 Å². The molecule has 1 aromatic carbocycles. The van der Waals surface area contributed by atoms with Gasteiger partial charge in [-0.2, -0.15) is 0 Å². The lowest BCUT2D eigenvalue weighted by Crippen LogP contribution is -2.08. The van der Waals surface area contributed by atoms with E-state index < -0.39 is 0 Å². The second-order valence-electron chi connectivity index (χ2n) is 3.11. The molecule has 0 amide bonds. The Bertz CT molecular complexity index is 499. The summed E-state index contributed by atoms with van der Waals surface area (Å²) in [6, 6.07) is 5.60. The highest BCUT2D eigenvalue weighted by molar-refractivity contribution is 6.35. The number of para-hydroxylation sites is 1. The third-order valence-corrected chi connectivity index (χ3v) is 2.55. The summed E-state index contributed by atoms with van der Waals surface area (Å²) < 4.78 is 0. The van der Waals surface area contributed by atoms with Gasteiger partial charge in [0.1, 0.15) is 0 Å². The van der Waals surface area contributed by atoms with Crippen LogP contribution in [-0.2, 0) is 6.54 Å². The van der Waals surface area contributed by atoms with Crippen molar-refractivity contribution in [3.05, 3.63) is 34.2 Å². The molecule has 15 heavy (non-hydrogen) atoms. The lowest BCUT2D eigenvalue weighted by molar-refractivity contribution is 0.795. The smallest absolute Gasteiger partial charge is 0.223 e. The van der Waals surface area contributed by atoms with Crippen molar-refractivity contribution in [2.75, 3.05) is 7.05 Å². The molecule has 3 nitrogen and oxygen atoms in total. The van der Waals surface area contributed by atoms with Crippen LogP contribution in [0.25, 0.3) is 10.9 Å². The fraction of sp³-hybridized carbons (Fsp3) is 0.200. The quantitative estimate of drug-likeness (QED) is 0.822. The second-order valence-corrected chi connectivity index (χ2v) is 3.85. The van der Waals surface area contributed by atoms with E-state index >= 15 is 0 Å². The normalized spacial score (nSPS) is 10.9. The maximum atomic E-state index is 6.03. The van der Waals surface area contributed by atoms with Gasteiger partial charge in [0.25, 0.3) is 0 Å². The topological polar surface area (TPSA) is 37.8 Å². The number of benzene rings is 1. The van der Waals surface area contributed by atoms with Crippen LogP contribution in [0.4, 0.5) is 0 Å². The summed E-state index contributed by atoms with van der Waals surface area (Å²) in [5, 5.41) is 4.78. The molecule has 5 heteroatoms. The highest BCUT2D eigenvalue weighted by Crippen LogP contribution is 2.24. The Morgan fingerprint density at radius 3 is 2.80 bits per heavy atom. The van der Waals surface area contributed by atoms with E-state index in [1.54, 1.807) is 6.07 Å². The molecule has 0 spiro atoms. The molecule has 2 aromatic rings. The Kier molecular flexibility index (Phi) is 3.05. The number of hydrogen-bond acceptors (Lipinski definition) is 3. The standard InChI is InChI=1S/C10H9Cl2N3/c1-13-5-8-6-3-2-4-7(11)9(6)15-10(12)14-8/h2-4,13H,5H2,1H3. The molecule has 78 valence electrons. The zero-order valence-electron chi connectivity index (χ0n) is 8.09. The average Bonchev–Trinajstić information content (AvgIpc) is 2.20. The highest BCUT2D eigenvalue weighted by atomic mass is 35.5. The predicted octanol–water partition coefficient (Wildman–Crippen LogP) is 2.66. The van der Waals surface area contributed by atoms with Gasteiger partial charge in [-0.05, 0) is 24.7 Å². The van der Waals surface area contributed by atoms with Crippen molar-refractivity contribution in [3.8, 4) is 0 Å². The molecule has 0 atom stereocenters. The van der Waals surface area contributed by atoms with Crippen molar-refractivity contribution in [2.45, 2.75) is 6.54 Å². The van der Waals surface area contributed by atoms with Crippen molar-refractivity contribution < 1.29 is 0 Å². The van der Waals surface area contributed by atoms with E-state index in [0.717, 1.165) is 11.1 Å². The first-order chi connectivity index (χ1) is 7.22. The van der Waals surface area contributed by atoms with Crippen LogP contribution in [0, 0.1) is 0 Å². The molecule has 0 radical (unpaired) electrons. The molecule has 0 unspecified atom stereocenters. The maximum absolute atomic E-state index is 6.03. The number of rotatable bonds is 2. The molecular weight excluding hydrogens is 233 g/mol. The Balaban J connectivity index is 2.74. The molecule has 1 heterocycles. The van der Waals surface area contributed by atoms with E-state index in [1.807, 2.05) is 19.2 Å². The van der Waals surface area contributed by atoms with Crippen LogP contribution >= 0.6 is 23.2 Å². The third kappa shape index (κ3) is 2.04. The number of hydrogen-bond donors (Lipinski definition) is 1. The van der Waals surface area contributed by atoms with Crippen molar-refractivity contribution in [1.29, 1.82) is 0 Å². The predicted molar refractivity (Wildman–Crippen MR) is 62.3 cm³/mol. The van der Waals surface area contributed by atoms with Crippen LogP contribution in [0.3, 0.4) is 0 Å². The average molecular weight is 242 g/mol. The van der Waals surface area contributed by atoms with Crippen LogP contribution < -0.4 is 5.32 Å². The summed E-state index contributed by atoms with van der Waals surface area (Å²) in [4.78, 5) is 8.28. The Hall–Kier alpha value is -0.900. The third-order valence-electron chi connectivity index (χ3n) is 2.07. The lowest BCUT2D eigenvalue weighted by atomic mass is 10.2. The van der Waals surface area contributed by atoms with E-state index in [2.05, 4.69) is 15.3 Å². The minimum atomic E-state index is 0.223. The number of aromatic nitrogens is 2. The molecule has 2 rings (SSSR count). The molecule has 0 fully saturated rings. The van der Waals surface area contributed by atoms with Crippen LogP contribution in [0.1, 0.15) is 5.69 Å². The van der Waals surface area contributed by atoms with E-state index in [-0.39, 0.29) is 5.28 Å². The second kappa shape index (κ2) is 4.31. The molecule has 0 saturated carbocycles. The molecule has 0 saturated heterocycles. The van der Waals surface area contributed by atoms with E-state index in [9.17, 15) is 0 Å². The largest absolute Gasteiger partial charge is 0.314 e. The van der Waals surface area contributed by atoms with Crippen molar-refractivity contribution in [3.63, 3.8) is 0 Å². The number of nitrogens with one attached hydrogen (secondary N) is 1. The molecule has 0 aliphatic rings. The fourth-order valence-electron chi connectivity index (χ4n) is 1.45. The van der Waals surface area contributed by atoms with Gasteiger partial charge in [-0.1, -0.05) is 23.7 Å². The summed E-state index contributed by atoms with van der Waals surface area (Å²) in [6.45, 7) is 0.638. The monoisotopic (exact) mass is 241 g/mol. The zero-order chi connectivity index (χ0) is 10.8. The summed E-state index contributed by atoms with van der Waals surface area (Å²) in [7, 11) is 1.85. The summed E-state index contributed by atoms with van der Waals surface area (Å²) in [5.74, 6) is 0. The number of fused-ring (bicyclic) bond motifs is 1. The fourth-order valence-corrected chi connectivity index (χ4v) is 1.86. The van der Waals surface area contributed by atoms with E-state index in [0.29, 0.717) is 17.1 Å². The van der Waals surface area contributed by atoms with Crippen LogP contribution in [0.2, 0.25) is 10.3 Å². The number of nitrogens with zero attached hydrogens (tertiary/aromatic N) is 2. The lowest BCUT2D eigenvalue weighted by Gasteiger charge is -2.06.